The molecule has 1 aromatic heterocycles. The number of nitrogens with one attached hydrogen (secondary N) is 1. The lowest BCUT2D eigenvalue weighted by molar-refractivity contribution is -0.146. The molecule has 8 nitrogen and oxygen atoms in total. The summed E-state index contributed by atoms with van der Waals surface area (Å²) in [5, 5.41) is 24.2. The molecule has 1 atom stereocenters. The van der Waals surface area contributed by atoms with Gasteiger partial charge in [0.05, 0.1) is 27.8 Å². The highest BCUT2D eigenvalue weighted by atomic mass is 35.5. The molecule has 0 saturated heterocycles. The molecule has 23 heavy (non-hydrogen) atoms. The first kappa shape index (κ1) is 17.2. The zero-order valence-electron chi connectivity index (χ0n) is 11.8. The summed E-state index contributed by atoms with van der Waals surface area (Å²) < 4.78 is 1.45. The summed E-state index contributed by atoms with van der Waals surface area (Å²) in [7, 11) is 0. The van der Waals surface area contributed by atoms with E-state index in [0.29, 0.717) is 11.5 Å². The van der Waals surface area contributed by atoms with E-state index in [1.54, 1.807) is 6.92 Å². The van der Waals surface area contributed by atoms with Gasteiger partial charge in [0.1, 0.15) is 12.2 Å². The highest BCUT2D eigenvalue weighted by Crippen LogP contribution is 2.28. The third-order valence-corrected chi connectivity index (χ3v) is 3.46. The van der Waals surface area contributed by atoms with Gasteiger partial charge in [-0.15, -0.1) is 0 Å². The number of carbonyl (C=O) groups excluding carboxylic acids is 1. The topological polar surface area (TPSA) is 117 Å². The van der Waals surface area contributed by atoms with Gasteiger partial charge in [-0.2, -0.15) is 5.10 Å². The van der Waals surface area contributed by atoms with Crippen molar-refractivity contribution in [3.05, 3.63) is 39.9 Å². The highest BCUT2D eigenvalue weighted by Gasteiger charge is 2.20. The van der Waals surface area contributed by atoms with Crippen molar-refractivity contribution in [2.24, 2.45) is 0 Å². The van der Waals surface area contributed by atoms with Crippen LogP contribution < -0.4 is 5.32 Å². The second-order valence-corrected chi connectivity index (χ2v) is 5.40. The Morgan fingerprint density at radius 1 is 1.35 bits per heavy atom. The zero-order chi connectivity index (χ0) is 17.1. The van der Waals surface area contributed by atoms with Crippen molar-refractivity contribution < 1.29 is 19.8 Å². The van der Waals surface area contributed by atoms with Crippen molar-refractivity contribution in [3.63, 3.8) is 0 Å². The number of aliphatic hydroxyl groups excluding tert-OH is 1. The van der Waals surface area contributed by atoms with E-state index in [0.717, 1.165) is 0 Å². The molecule has 2 aromatic rings. The maximum absolute atomic E-state index is 12.0. The van der Waals surface area contributed by atoms with Crippen LogP contribution in [0, 0.1) is 6.92 Å². The van der Waals surface area contributed by atoms with E-state index < -0.39 is 24.5 Å². The average molecular weight is 359 g/mol. The first-order valence-corrected chi connectivity index (χ1v) is 7.12. The van der Waals surface area contributed by atoms with Crippen molar-refractivity contribution >= 4 is 35.1 Å². The summed E-state index contributed by atoms with van der Waals surface area (Å²) in [6, 6.07) is 2.95. The largest absolute Gasteiger partial charge is 0.479 e. The smallest absolute Gasteiger partial charge is 0.334 e. The fourth-order valence-corrected chi connectivity index (χ4v) is 2.39. The first-order chi connectivity index (χ1) is 10.8. The minimum Gasteiger partial charge on any atom is -0.479 e. The van der Waals surface area contributed by atoms with Crippen LogP contribution in [-0.4, -0.2) is 49.5 Å². The van der Waals surface area contributed by atoms with Crippen LogP contribution in [0.25, 0.3) is 5.69 Å². The maximum atomic E-state index is 12.0. The van der Waals surface area contributed by atoms with Crippen LogP contribution in [0.2, 0.25) is 10.0 Å². The van der Waals surface area contributed by atoms with Crippen molar-refractivity contribution in [2.75, 3.05) is 6.54 Å². The SMILES string of the molecule is Cc1ncn(-c2cc(Cl)c(C(=O)NCC(O)C(=O)O)c(Cl)c2)n1. The van der Waals surface area contributed by atoms with Crippen molar-refractivity contribution in [1.29, 1.82) is 0 Å². The molecule has 0 spiro atoms. The van der Waals surface area contributed by atoms with Crippen LogP contribution in [0.15, 0.2) is 18.5 Å². The van der Waals surface area contributed by atoms with E-state index >= 15 is 0 Å². The molecule has 0 bridgehead atoms. The summed E-state index contributed by atoms with van der Waals surface area (Å²) in [5.41, 5.74) is 0.495. The molecule has 0 aliphatic heterocycles. The van der Waals surface area contributed by atoms with Gasteiger partial charge in [-0.3, -0.25) is 4.79 Å². The fraction of sp³-hybridized carbons (Fsp3) is 0.231. The lowest BCUT2D eigenvalue weighted by Crippen LogP contribution is -2.36. The highest BCUT2D eigenvalue weighted by molar-refractivity contribution is 6.40. The third kappa shape index (κ3) is 3.98. The number of carboxylic acid groups (broad SMARTS) is 1. The normalized spacial score (nSPS) is 12.0. The molecule has 0 aliphatic rings. The molecule has 122 valence electrons. The Morgan fingerprint density at radius 2 is 1.96 bits per heavy atom. The van der Waals surface area contributed by atoms with E-state index in [1.165, 1.54) is 23.1 Å². The van der Waals surface area contributed by atoms with Gasteiger partial charge < -0.3 is 15.5 Å². The third-order valence-electron chi connectivity index (χ3n) is 2.87. The predicted molar refractivity (Wildman–Crippen MR) is 82.1 cm³/mol. The summed E-state index contributed by atoms with van der Waals surface area (Å²) in [4.78, 5) is 26.5. The van der Waals surface area contributed by atoms with E-state index in [1.807, 2.05) is 0 Å². The Bertz CT molecular complexity index is 739. The Kier molecular flexibility index (Phi) is 5.19. The van der Waals surface area contributed by atoms with Gasteiger partial charge in [0.2, 0.25) is 0 Å². The number of aryl methyl sites for hydroxylation is 1. The Balaban J connectivity index is 2.23. The second-order valence-electron chi connectivity index (χ2n) is 4.58. The first-order valence-electron chi connectivity index (χ1n) is 6.36. The molecule has 2 rings (SSSR count). The zero-order valence-corrected chi connectivity index (χ0v) is 13.3. The van der Waals surface area contributed by atoms with Crippen LogP contribution in [0.3, 0.4) is 0 Å². The second kappa shape index (κ2) is 6.95. The van der Waals surface area contributed by atoms with E-state index in [2.05, 4.69) is 15.4 Å². The van der Waals surface area contributed by atoms with Gasteiger partial charge in [-0.1, -0.05) is 23.2 Å². The number of aliphatic hydroxyl groups is 1. The van der Waals surface area contributed by atoms with Gasteiger partial charge in [0.25, 0.3) is 5.91 Å². The summed E-state index contributed by atoms with van der Waals surface area (Å²) in [6.07, 6.45) is -0.241. The van der Waals surface area contributed by atoms with E-state index in [-0.39, 0.29) is 15.6 Å². The molecule has 10 heteroatoms. The number of aromatic nitrogens is 3. The number of halogens is 2. The number of amides is 1. The van der Waals surface area contributed by atoms with Crippen LogP contribution in [0.1, 0.15) is 16.2 Å². The number of hydrogen-bond donors (Lipinski definition) is 3. The molecule has 1 heterocycles. The molecule has 1 unspecified atom stereocenters. The number of nitrogens with zero attached hydrogens (tertiary/aromatic N) is 3. The molecule has 0 fully saturated rings. The van der Waals surface area contributed by atoms with Crippen LogP contribution >= 0.6 is 23.2 Å². The predicted octanol–water partition coefficient (Wildman–Crippen LogP) is 1.06. The maximum Gasteiger partial charge on any atom is 0.334 e. The molecule has 1 aromatic carbocycles. The summed E-state index contributed by atoms with van der Waals surface area (Å²) in [5.74, 6) is -1.58. The summed E-state index contributed by atoms with van der Waals surface area (Å²) in [6.45, 7) is 1.25. The molecule has 1 amide bonds. The molecule has 0 saturated carbocycles. The molecule has 0 radical (unpaired) electrons. The minimum atomic E-state index is -1.71. The van der Waals surface area contributed by atoms with Gasteiger partial charge in [-0.25, -0.2) is 14.5 Å². The van der Waals surface area contributed by atoms with Crippen LogP contribution in [0.5, 0.6) is 0 Å². The number of benzene rings is 1. The Morgan fingerprint density at radius 3 is 2.43 bits per heavy atom. The van der Waals surface area contributed by atoms with E-state index in [9.17, 15) is 9.59 Å². The van der Waals surface area contributed by atoms with Crippen LogP contribution in [0.4, 0.5) is 0 Å². The number of rotatable bonds is 5. The van der Waals surface area contributed by atoms with E-state index in [4.69, 9.17) is 33.4 Å². The monoisotopic (exact) mass is 358 g/mol. The lowest BCUT2D eigenvalue weighted by Gasteiger charge is -2.11. The van der Waals surface area contributed by atoms with Gasteiger partial charge in [0.15, 0.2) is 6.10 Å². The van der Waals surface area contributed by atoms with Crippen molar-refractivity contribution in [2.45, 2.75) is 13.0 Å². The molecular weight excluding hydrogens is 347 g/mol. The number of hydrogen-bond acceptors (Lipinski definition) is 5. The molecular formula is C13H12Cl2N4O4. The average Bonchev–Trinajstić information content (AvgIpc) is 2.90. The van der Waals surface area contributed by atoms with Gasteiger partial charge >= 0.3 is 5.97 Å². The van der Waals surface area contributed by atoms with Crippen molar-refractivity contribution in [3.8, 4) is 5.69 Å². The molecule has 0 aliphatic carbocycles. The summed E-state index contributed by atoms with van der Waals surface area (Å²) >= 11 is 12.2. The fourth-order valence-electron chi connectivity index (χ4n) is 1.74. The van der Waals surface area contributed by atoms with Crippen LogP contribution in [-0.2, 0) is 4.79 Å². The van der Waals surface area contributed by atoms with Gasteiger partial charge in [-0.05, 0) is 19.1 Å². The Labute approximate surface area is 140 Å². The number of aliphatic carboxylic acids is 1. The lowest BCUT2D eigenvalue weighted by atomic mass is 10.2. The standard InChI is InChI=1S/C13H12Cl2N4O4/c1-6-17-5-19(18-6)7-2-8(14)11(9(15)3-7)12(21)16-4-10(20)13(22)23/h2-3,5,10,20H,4H2,1H3,(H,16,21)(H,22,23). The van der Waals surface area contributed by atoms with Gasteiger partial charge in [0, 0.05) is 0 Å². The quantitative estimate of drug-likeness (QED) is 0.735. The number of carbonyl (C=O) groups is 2. The number of carboxylic acids is 1. The van der Waals surface area contributed by atoms with Crippen molar-refractivity contribution in [1.82, 2.24) is 20.1 Å². The molecule has 3 N–H and O–H groups in total. The minimum absolute atomic E-state index is 0.0218. The Hall–Kier alpha value is -2.16.